The Morgan fingerprint density at radius 2 is 1.62 bits per heavy atom. The molecule has 0 radical (unpaired) electrons. The molecule has 4 rings (SSSR count). The van der Waals surface area contributed by atoms with E-state index >= 15 is 0 Å². The van der Waals surface area contributed by atoms with Gasteiger partial charge >= 0.3 is 6.09 Å². The Kier molecular flexibility index (Phi) is 7.00. The van der Waals surface area contributed by atoms with E-state index in [1.807, 2.05) is 48.5 Å². The van der Waals surface area contributed by atoms with Crippen LogP contribution in [0.5, 0.6) is 0 Å². The number of benzene rings is 3. The number of hydrogen-bond acceptors (Lipinski definition) is 5. The normalized spacial score (nSPS) is 14.1. The maximum Gasteiger partial charge on any atom is 0.407 e. The minimum Gasteiger partial charge on any atom is -0.449 e. The number of rotatable bonds is 8. The Balaban J connectivity index is 1.30. The molecule has 6 nitrogen and oxygen atoms in total. The second-order valence-corrected chi connectivity index (χ2v) is 8.07. The molecular weight excluding hydrogens is 444 g/mol. The van der Waals surface area contributed by atoms with Gasteiger partial charge in [-0.3, -0.25) is 4.79 Å². The van der Waals surface area contributed by atoms with E-state index < -0.39 is 41.1 Å². The quantitative estimate of drug-likeness (QED) is 0.434. The standard InChI is InChI=1S/C26H23F2NO5/c27-22-12-20(23(28)11-15(22)13-30)25(32)24(31)9-10-29-26(33)34-14-21-18-7-3-1-5-16(18)17-6-2-4-8-19(17)21/h1-8,11-13,21,24-25,31-32H,9-10,14H2,(H,29,33). The number of aldehydes is 1. The summed E-state index contributed by atoms with van der Waals surface area (Å²) < 4.78 is 33.2. The molecule has 0 aliphatic heterocycles. The SMILES string of the molecule is O=Cc1cc(F)c(C(O)C(O)CCNC(=O)OCC2c3ccccc3-c3ccccc32)cc1F. The van der Waals surface area contributed by atoms with Gasteiger partial charge in [-0.15, -0.1) is 0 Å². The monoisotopic (exact) mass is 467 g/mol. The Labute approximate surface area is 194 Å². The molecule has 0 spiro atoms. The van der Waals surface area contributed by atoms with Crippen LogP contribution in [-0.2, 0) is 4.74 Å². The minimum atomic E-state index is -1.74. The number of carbonyl (C=O) groups excluding carboxylic acids is 2. The lowest BCUT2D eigenvalue weighted by atomic mass is 9.98. The van der Waals surface area contributed by atoms with Crippen LogP contribution in [-0.4, -0.2) is 41.8 Å². The number of ether oxygens (including phenoxy) is 1. The second-order valence-electron chi connectivity index (χ2n) is 8.07. The summed E-state index contributed by atoms with van der Waals surface area (Å²) in [4.78, 5) is 22.9. The van der Waals surface area contributed by atoms with Crippen LogP contribution >= 0.6 is 0 Å². The van der Waals surface area contributed by atoms with E-state index in [4.69, 9.17) is 4.74 Å². The molecule has 0 saturated heterocycles. The van der Waals surface area contributed by atoms with Crippen molar-refractivity contribution >= 4 is 12.4 Å². The summed E-state index contributed by atoms with van der Waals surface area (Å²) in [5, 5.41) is 22.8. The molecule has 0 bridgehead atoms. The molecule has 0 heterocycles. The second kappa shape index (κ2) is 10.1. The van der Waals surface area contributed by atoms with E-state index in [-0.39, 0.29) is 31.8 Å². The summed E-state index contributed by atoms with van der Waals surface area (Å²) in [6, 6.07) is 17.2. The van der Waals surface area contributed by atoms with Crippen LogP contribution in [0.15, 0.2) is 60.7 Å². The third-order valence-corrected chi connectivity index (χ3v) is 5.98. The van der Waals surface area contributed by atoms with Crippen molar-refractivity contribution in [2.45, 2.75) is 24.5 Å². The third kappa shape index (κ3) is 4.69. The summed E-state index contributed by atoms with van der Waals surface area (Å²) in [6.45, 7) is 0.0596. The summed E-state index contributed by atoms with van der Waals surface area (Å²) in [5.41, 5.74) is 3.40. The number of alkyl carbamates (subject to hydrolysis) is 1. The van der Waals surface area contributed by atoms with E-state index in [1.54, 1.807) is 0 Å². The summed E-state index contributed by atoms with van der Waals surface area (Å²) in [6.07, 6.45) is -3.90. The summed E-state index contributed by atoms with van der Waals surface area (Å²) in [7, 11) is 0. The van der Waals surface area contributed by atoms with Crippen molar-refractivity contribution in [1.82, 2.24) is 5.32 Å². The molecule has 3 aromatic carbocycles. The number of amides is 1. The van der Waals surface area contributed by atoms with Crippen LogP contribution in [0.1, 0.15) is 45.5 Å². The molecular formula is C26H23F2NO5. The van der Waals surface area contributed by atoms with Gasteiger partial charge in [-0.25, -0.2) is 13.6 Å². The Bertz CT molecular complexity index is 1170. The van der Waals surface area contributed by atoms with Crippen molar-refractivity contribution in [2.24, 2.45) is 0 Å². The van der Waals surface area contributed by atoms with Crippen molar-refractivity contribution < 1.29 is 33.3 Å². The Morgan fingerprint density at radius 3 is 2.24 bits per heavy atom. The van der Waals surface area contributed by atoms with E-state index in [1.165, 1.54) is 0 Å². The highest BCUT2D eigenvalue weighted by molar-refractivity contribution is 5.79. The maximum atomic E-state index is 14.1. The fourth-order valence-electron chi connectivity index (χ4n) is 4.23. The van der Waals surface area contributed by atoms with Crippen molar-refractivity contribution in [1.29, 1.82) is 0 Å². The van der Waals surface area contributed by atoms with Gasteiger partial charge in [0.15, 0.2) is 6.29 Å². The topological polar surface area (TPSA) is 95.9 Å². The van der Waals surface area contributed by atoms with Crippen LogP contribution in [0.3, 0.4) is 0 Å². The number of nitrogens with one attached hydrogen (secondary N) is 1. The molecule has 2 unspecified atom stereocenters. The van der Waals surface area contributed by atoms with Gasteiger partial charge in [-0.1, -0.05) is 48.5 Å². The van der Waals surface area contributed by atoms with Gasteiger partial charge in [-0.2, -0.15) is 0 Å². The zero-order valence-corrected chi connectivity index (χ0v) is 18.1. The van der Waals surface area contributed by atoms with Crippen LogP contribution < -0.4 is 5.32 Å². The first kappa shape index (κ1) is 23.5. The molecule has 3 N–H and O–H groups in total. The molecule has 0 fully saturated rings. The summed E-state index contributed by atoms with van der Waals surface area (Å²) >= 11 is 0. The fraction of sp³-hybridized carbons (Fsp3) is 0.231. The predicted octanol–water partition coefficient (Wildman–Crippen LogP) is 4.10. The number of carbonyl (C=O) groups is 2. The average Bonchev–Trinajstić information content (AvgIpc) is 3.17. The average molecular weight is 467 g/mol. The highest BCUT2D eigenvalue weighted by Gasteiger charge is 2.29. The maximum absolute atomic E-state index is 14.1. The molecule has 176 valence electrons. The van der Waals surface area contributed by atoms with Gasteiger partial charge in [0.2, 0.25) is 0 Å². The van der Waals surface area contributed by atoms with Gasteiger partial charge in [-0.05, 0) is 40.8 Å². The lowest BCUT2D eigenvalue weighted by Crippen LogP contribution is -2.31. The van der Waals surface area contributed by atoms with Crippen LogP contribution in [0.4, 0.5) is 13.6 Å². The van der Waals surface area contributed by atoms with Crippen molar-refractivity contribution in [3.05, 3.63) is 94.6 Å². The number of halogens is 2. The molecule has 34 heavy (non-hydrogen) atoms. The zero-order valence-electron chi connectivity index (χ0n) is 18.1. The van der Waals surface area contributed by atoms with Gasteiger partial charge in [0.25, 0.3) is 0 Å². The first-order valence-electron chi connectivity index (χ1n) is 10.8. The number of fused-ring (bicyclic) bond motifs is 3. The van der Waals surface area contributed by atoms with Gasteiger partial charge in [0.05, 0.1) is 11.7 Å². The summed E-state index contributed by atoms with van der Waals surface area (Å²) in [5.74, 6) is -2.12. The molecule has 1 aliphatic rings. The van der Waals surface area contributed by atoms with Crippen LogP contribution in [0.25, 0.3) is 11.1 Å². The fourth-order valence-corrected chi connectivity index (χ4v) is 4.23. The lowest BCUT2D eigenvalue weighted by molar-refractivity contribution is 0.0114. The first-order chi connectivity index (χ1) is 16.4. The van der Waals surface area contributed by atoms with Crippen LogP contribution in [0.2, 0.25) is 0 Å². The largest absolute Gasteiger partial charge is 0.449 e. The van der Waals surface area contributed by atoms with Gasteiger partial charge < -0.3 is 20.3 Å². The van der Waals surface area contributed by atoms with E-state index in [9.17, 15) is 28.6 Å². The highest BCUT2D eigenvalue weighted by atomic mass is 19.1. The van der Waals surface area contributed by atoms with Gasteiger partial charge in [0.1, 0.15) is 24.3 Å². The number of aliphatic hydroxyl groups excluding tert-OH is 2. The first-order valence-corrected chi connectivity index (χ1v) is 10.8. The Morgan fingerprint density at radius 1 is 1.00 bits per heavy atom. The van der Waals surface area contributed by atoms with Crippen molar-refractivity contribution in [2.75, 3.05) is 13.2 Å². The highest BCUT2D eigenvalue weighted by Crippen LogP contribution is 2.44. The molecule has 8 heteroatoms. The van der Waals surface area contributed by atoms with E-state index in [0.717, 1.165) is 22.3 Å². The van der Waals surface area contributed by atoms with E-state index in [2.05, 4.69) is 5.32 Å². The minimum absolute atomic E-state index is 0.0641. The predicted molar refractivity (Wildman–Crippen MR) is 120 cm³/mol. The molecule has 0 aromatic heterocycles. The van der Waals surface area contributed by atoms with E-state index in [0.29, 0.717) is 12.1 Å². The Hall–Kier alpha value is -3.62. The van der Waals surface area contributed by atoms with Crippen LogP contribution in [0, 0.1) is 11.6 Å². The molecule has 3 aromatic rings. The third-order valence-electron chi connectivity index (χ3n) is 5.98. The molecule has 1 aliphatic carbocycles. The van der Waals surface area contributed by atoms with Crippen molar-refractivity contribution in [3.8, 4) is 11.1 Å². The van der Waals surface area contributed by atoms with Gasteiger partial charge in [0, 0.05) is 18.0 Å². The molecule has 1 amide bonds. The smallest absolute Gasteiger partial charge is 0.407 e. The molecule has 0 saturated carbocycles. The lowest BCUT2D eigenvalue weighted by Gasteiger charge is -2.19. The number of aliphatic hydroxyl groups is 2. The zero-order chi connectivity index (χ0) is 24.2. The number of hydrogen-bond donors (Lipinski definition) is 3. The van der Waals surface area contributed by atoms with Crippen molar-refractivity contribution in [3.63, 3.8) is 0 Å². The molecule has 2 atom stereocenters.